The maximum absolute atomic E-state index is 13.2. The number of benzene rings is 1. The molecule has 1 aromatic carbocycles. The van der Waals surface area contributed by atoms with Gasteiger partial charge in [-0.25, -0.2) is 23.5 Å². The molecule has 2 aliphatic carbocycles. The highest BCUT2D eigenvalue weighted by atomic mass is 79.9. The Balaban J connectivity index is 1.79. The molecule has 0 spiro atoms. The van der Waals surface area contributed by atoms with Gasteiger partial charge in [-0.2, -0.15) is 0 Å². The fraction of sp³-hybridized carbons (Fsp3) is 0.304. The number of carbonyl (C=O) groups is 2. The number of allylic oxidation sites excluding steroid dienone is 6. The number of aromatic hydroxyl groups is 1. The van der Waals surface area contributed by atoms with Gasteiger partial charge in [-0.1, -0.05) is 18.2 Å². The Kier molecular flexibility index (Phi) is 4.93. The molecule has 0 saturated heterocycles. The van der Waals surface area contributed by atoms with Crippen molar-refractivity contribution in [2.45, 2.75) is 31.8 Å². The van der Waals surface area contributed by atoms with Crippen LogP contribution in [0.25, 0.3) is 0 Å². The van der Waals surface area contributed by atoms with Crippen molar-refractivity contribution < 1.29 is 19.4 Å². The molecule has 3 aliphatic rings. The van der Waals surface area contributed by atoms with Gasteiger partial charge in [0.05, 0.1) is 23.7 Å². The molecule has 9 nitrogen and oxygen atoms in total. The molecule has 2 heterocycles. The van der Waals surface area contributed by atoms with E-state index < -0.39 is 23.3 Å². The largest absolute Gasteiger partial charge is 0.504 e. The Morgan fingerprint density at radius 3 is 2.67 bits per heavy atom. The van der Waals surface area contributed by atoms with E-state index >= 15 is 0 Å². The normalized spacial score (nSPS) is 21.8. The van der Waals surface area contributed by atoms with Gasteiger partial charge in [-0.3, -0.25) is 9.59 Å². The van der Waals surface area contributed by atoms with Gasteiger partial charge >= 0.3 is 11.4 Å². The molecular weight excluding hydrogens is 494 g/mol. The Labute approximate surface area is 196 Å². The van der Waals surface area contributed by atoms with E-state index in [2.05, 4.69) is 15.9 Å². The molecule has 5 rings (SSSR count). The maximum atomic E-state index is 13.2. The van der Waals surface area contributed by atoms with E-state index in [0.717, 1.165) is 4.57 Å². The number of ketones is 2. The SMILES string of the molecule is CCOc1cccc(C2C3=CCn4c(=O)n(C)c(=O)n4C3CC3=C2C(=O)C=C(Br)C3=O)c1O. The lowest BCUT2D eigenvalue weighted by atomic mass is 9.68. The van der Waals surface area contributed by atoms with E-state index in [1.165, 1.54) is 22.5 Å². The van der Waals surface area contributed by atoms with Gasteiger partial charge < -0.3 is 9.84 Å². The summed E-state index contributed by atoms with van der Waals surface area (Å²) in [7, 11) is 1.40. The molecule has 2 unspecified atom stereocenters. The zero-order valence-corrected chi connectivity index (χ0v) is 19.5. The fourth-order valence-corrected chi connectivity index (χ4v) is 5.43. The first-order chi connectivity index (χ1) is 15.8. The molecule has 0 amide bonds. The number of phenolic OH excluding ortho intramolecular Hbond substituents is 1. The van der Waals surface area contributed by atoms with Gasteiger partial charge in [-0.15, -0.1) is 0 Å². The Bertz CT molecular complexity index is 1450. The van der Waals surface area contributed by atoms with Crippen LogP contribution in [0.3, 0.4) is 0 Å². The van der Waals surface area contributed by atoms with E-state index in [4.69, 9.17) is 4.74 Å². The lowest BCUT2D eigenvalue weighted by Crippen LogP contribution is -2.40. The predicted octanol–water partition coefficient (Wildman–Crippen LogP) is 1.85. The number of nitrogens with zero attached hydrogens (tertiary/aromatic N) is 3. The molecule has 0 saturated carbocycles. The second kappa shape index (κ2) is 7.58. The van der Waals surface area contributed by atoms with Crippen LogP contribution in [0.4, 0.5) is 0 Å². The summed E-state index contributed by atoms with van der Waals surface area (Å²) in [6, 6.07) is 4.35. The average Bonchev–Trinajstić information content (AvgIpc) is 3.02. The molecule has 1 N–H and O–H groups in total. The third-order valence-corrected chi connectivity index (χ3v) is 7.02. The van der Waals surface area contributed by atoms with Crippen molar-refractivity contribution in [3.05, 3.63) is 78.1 Å². The van der Waals surface area contributed by atoms with Crippen LogP contribution in [0.5, 0.6) is 11.5 Å². The highest BCUT2D eigenvalue weighted by Crippen LogP contribution is 2.52. The van der Waals surface area contributed by atoms with Crippen molar-refractivity contribution in [1.82, 2.24) is 13.9 Å². The number of phenols is 1. The number of halogens is 1. The molecule has 0 bridgehead atoms. The lowest BCUT2D eigenvalue weighted by molar-refractivity contribution is -0.115. The second-order valence-corrected chi connectivity index (χ2v) is 8.97. The zero-order chi connectivity index (χ0) is 23.6. The van der Waals surface area contributed by atoms with E-state index in [9.17, 15) is 24.3 Å². The molecule has 2 aromatic rings. The summed E-state index contributed by atoms with van der Waals surface area (Å²) < 4.78 is 9.37. The molecular formula is C23H20BrN3O6. The standard InChI is InChI=1S/C23H20BrN3O6/c1-3-33-17-6-4-5-12(21(17)30)18-11-7-8-26-22(31)25(2)23(32)27(26)15(11)9-13-19(18)16(28)10-14(24)20(13)29/h4-7,10,15,18,30H,3,8-9H2,1-2H3. The fourth-order valence-electron chi connectivity index (χ4n) is 4.99. The molecule has 0 fully saturated rings. The minimum absolute atomic E-state index is 0.0838. The van der Waals surface area contributed by atoms with Crippen molar-refractivity contribution in [2.75, 3.05) is 6.61 Å². The molecule has 1 aromatic heterocycles. The summed E-state index contributed by atoms with van der Waals surface area (Å²) in [6.45, 7) is 2.26. The summed E-state index contributed by atoms with van der Waals surface area (Å²) >= 11 is 3.17. The highest BCUT2D eigenvalue weighted by Gasteiger charge is 2.45. The number of ether oxygens (including phenoxy) is 1. The van der Waals surface area contributed by atoms with Gasteiger partial charge in [0.25, 0.3) is 0 Å². The van der Waals surface area contributed by atoms with Crippen LogP contribution in [-0.4, -0.2) is 37.2 Å². The quantitative estimate of drug-likeness (QED) is 0.495. The molecule has 1 aliphatic heterocycles. The summed E-state index contributed by atoms with van der Waals surface area (Å²) in [5.74, 6) is -1.34. The monoisotopic (exact) mass is 513 g/mol. The number of hydrogen-bond acceptors (Lipinski definition) is 6. The molecule has 33 heavy (non-hydrogen) atoms. The number of carbonyl (C=O) groups excluding carboxylic acids is 2. The van der Waals surface area contributed by atoms with E-state index in [1.807, 2.05) is 0 Å². The first-order valence-electron chi connectivity index (χ1n) is 10.5. The number of hydrogen-bond donors (Lipinski definition) is 1. The number of Topliss-reactive ketones (excluding diaryl/α,β-unsaturated/α-hetero) is 1. The third-order valence-electron chi connectivity index (χ3n) is 6.43. The van der Waals surface area contributed by atoms with E-state index in [0.29, 0.717) is 17.7 Å². The van der Waals surface area contributed by atoms with Crippen molar-refractivity contribution in [1.29, 1.82) is 0 Å². The van der Waals surface area contributed by atoms with Gasteiger partial charge in [0.2, 0.25) is 0 Å². The maximum Gasteiger partial charge on any atom is 0.347 e. The van der Waals surface area contributed by atoms with Crippen molar-refractivity contribution in [3.8, 4) is 11.5 Å². The van der Waals surface area contributed by atoms with Crippen LogP contribution < -0.4 is 16.1 Å². The number of aromatic nitrogens is 3. The first-order valence-corrected chi connectivity index (χ1v) is 11.3. The molecule has 10 heteroatoms. The highest BCUT2D eigenvalue weighted by molar-refractivity contribution is 9.12. The lowest BCUT2D eigenvalue weighted by Gasteiger charge is -2.39. The predicted molar refractivity (Wildman–Crippen MR) is 122 cm³/mol. The number of rotatable bonds is 3. The summed E-state index contributed by atoms with van der Waals surface area (Å²) in [6.07, 6.45) is 3.13. The second-order valence-electron chi connectivity index (χ2n) is 8.11. The summed E-state index contributed by atoms with van der Waals surface area (Å²) in [5.41, 5.74) is 0.651. The summed E-state index contributed by atoms with van der Waals surface area (Å²) in [5, 5.41) is 11.0. The topological polar surface area (TPSA) is 113 Å². The minimum atomic E-state index is -0.775. The molecule has 170 valence electrons. The number of para-hydroxylation sites is 1. The van der Waals surface area contributed by atoms with Crippen LogP contribution in [-0.2, 0) is 23.2 Å². The minimum Gasteiger partial charge on any atom is -0.504 e. The van der Waals surface area contributed by atoms with Gasteiger partial charge in [0.1, 0.15) is 0 Å². The van der Waals surface area contributed by atoms with Gasteiger partial charge in [-0.05, 0) is 34.5 Å². The Hall–Kier alpha value is -3.40. The van der Waals surface area contributed by atoms with Gasteiger partial charge in [0.15, 0.2) is 23.1 Å². The smallest absolute Gasteiger partial charge is 0.347 e. The Morgan fingerprint density at radius 1 is 1.18 bits per heavy atom. The summed E-state index contributed by atoms with van der Waals surface area (Å²) in [4.78, 5) is 51.7. The van der Waals surface area contributed by atoms with Gasteiger partial charge in [0, 0.05) is 42.2 Å². The van der Waals surface area contributed by atoms with Crippen LogP contribution in [0.2, 0.25) is 0 Å². The zero-order valence-electron chi connectivity index (χ0n) is 17.9. The van der Waals surface area contributed by atoms with Crippen molar-refractivity contribution >= 4 is 27.5 Å². The molecule has 2 atom stereocenters. The van der Waals surface area contributed by atoms with Crippen LogP contribution in [0, 0.1) is 0 Å². The van der Waals surface area contributed by atoms with Crippen molar-refractivity contribution in [3.63, 3.8) is 0 Å². The third kappa shape index (κ3) is 2.97. The van der Waals surface area contributed by atoms with Crippen molar-refractivity contribution in [2.24, 2.45) is 7.05 Å². The van der Waals surface area contributed by atoms with E-state index in [-0.39, 0.29) is 51.7 Å². The van der Waals surface area contributed by atoms with Crippen LogP contribution >= 0.6 is 15.9 Å². The Morgan fingerprint density at radius 2 is 1.94 bits per heavy atom. The van der Waals surface area contributed by atoms with Crippen LogP contribution in [0.1, 0.15) is 30.9 Å². The van der Waals surface area contributed by atoms with Crippen LogP contribution in [0.15, 0.2) is 61.1 Å². The first kappa shape index (κ1) is 21.4. The average molecular weight is 514 g/mol. The molecule has 0 radical (unpaired) electrons. The number of fused-ring (bicyclic) bond motifs is 3. The van der Waals surface area contributed by atoms with E-state index in [1.54, 1.807) is 31.2 Å².